The van der Waals surface area contributed by atoms with Gasteiger partial charge < -0.3 is 15.2 Å². The second kappa shape index (κ2) is 6.92. The maximum Gasteiger partial charge on any atom is 0.303 e. The molecule has 1 aromatic heterocycles. The standard InChI is InChI=1S/C16H20N2O3/c1-3-11(8-15(19)20)10-18-16-14-5-4-13(21-2)9-12(14)6-7-17-16/h4-7,9,11H,3,8,10H2,1-2H3,(H,17,18)(H,19,20). The first-order valence-corrected chi connectivity index (χ1v) is 7.02. The summed E-state index contributed by atoms with van der Waals surface area (Å²) in [6.07, 6.45) is 2.72. The molecule has 0 radical (unpaired) electrons. The van der Waals surface area contributed by atoms with Gasteiger partial charge in [0.1, 0.15) is 11.6 Å². The van der Waals surface area contributed by atoms with Crippen LogP contribution >= 0.6 is 0 Å². The Morgan fingerprint density at radius 1 is 1.43 bits per heavy atom. The lowest BCUT2D eigenvalue weighted by Gasteiger charge is -2.15. The van der Waals surface area contributed by atoms with Gasteiger partial charge in [0.15, 0.2) is 0 Å². The first kappa shape index (κ1) is 15.1. The number of aromatic nitrogens is 1. The molecule has 0 bridgehead atoms. The molecule has 112 valence electrons. The number of hydrogen-bond acceptors (Lipinski definition) is 4. The molecule has 0 aliphatic heterocycles. The number of carboxylic acids is 1. The van der Waals surface area contributed by atoms with Crippen LogP contribution in [0, 0.1) is 5.92 Å². The van der Waals surface area contributed by atoms with Gasteiger partial charge >= 0.3 is 5.97 Å². The molecule has 1 atom stereocenters. The van der Waals surface area contributed by atoms with Crippen molar-refractivity contribution in [1.29, 1.82) is 0 Å². The van der Waals surface area contributed by atoms with E-state index in [4.69, 9.17) is 9.84 Å². The Morgan fingerprint density at radius 2 is 2.24 bits per heavy atom. The molecule has 0 saturated heterocycles. The van der Waals surface area contributed by atoms with Crippen molar-refractivity contribution < 1.29 is 14.6 Å². The summed E-state index contributed by atoms with van der Waals surface area (Å²) in [5.41, 5.74) is 0. The van der Waals surface area contributed by atoms with Gasteiger partial charge in [-0.2, -0.15) is 0 Å². The minimum atomic E-state index is -0.765. The number of methoxy groups -OCH3 is 1. The lowest BCUT2D eigenvalue weighted by atomic mass is 10.0. The van der Waals surface area contributed by atoms with Crippen molar-refractivity contribution in [2.75, 3.05) is 19.0 Å². The van der Waals surface area contributed by atoms with Gasteiger partial charge in [-0.05, 0) is 35.6 Å². The fraction of sp³-hybridized carbons (Fsp3) is 0.375. The van der Waals surface area contributed by atoms with Gasteiger partial charge in [-0.25, -0.2) is 4.98 Å². The summed E-state index contributed by atoms with van der Waals surface area (Å²) in [5, 5.41) is 14.2. The molecular formula is C16H20N2O3. The first-order chi connectivity index (χ1) is 10.1. The minimum Gasteiger partial charge on any atom is -0.497 e. The molecule has 0 fully saturated rings. The largest absolute Gasteiger partial charge is 0.497 e. The summed E-state index contributed by atoms with van der Waals surface area (Å²) in [6.45, 7) is 2.59. The molecule has 2 rings (SSSR count). The minimum absolute atomic E-state index is 0.0952. The number of ether oxygens (including phenoxy) is 1. The molecule has 0 amide bonds. The molecular weight excluding hydrogens is 268 g/mol. The third kappa shape index (κ3) is 3.84. The quantitative estimate of drug-likeness (QED) is 0.819. The molecule has 5 heteroatoms. The van der Waals surface area contributed by atoms with Crippen molar-refractivity contribution in [3.8, 4) is 5.75 Å². The van der Waals surface area contributed by atoms with Crippen LogP contribution in [0.2, 0.25) is 0 Å². The zero-order chi connectivity index (χ0) is 15.2. The van der Waals surface area contributed by atoms with Crippen LogP contribution in [0.25, 0.3) is 10.8 Å². The van der Waals surface area contributed by atoms with E-state index in [1.807, 2.05) is 31.2 Å². The number of nitrogens with one attached hydrogen (secondary N) is 1. The molecule has 0 saturated carbocycles. The highest BCUT2D eigenvalue weighted by Crippen LogP contribution is 2.25. The highest BCUT2D eigenvalue weighted by molar-refractivity contribution is 5.92. The van der Waals surface area contributed by atoms with Crippen LogP contribution in [-0.2, 0) is 4.79 Å². The second-order valence-electron chi connectivity index (χ2n) is 5.00. The van der Waals surface area contributed by atoms with Gasteiger partial charge in [-0.1, -0.05) is 13.3 Å². The summed E-state index contributed by atoms with van der Waals surface area (Å²) in [6, 6.07) is 7.74. The van der Waals surface area contributed by atoms with Crippen molar-refractivity contribution in [3.63, 3.8) is 0 Å². The molecule has 1 unspecified atom stereocenters. The van der Waals surface area contributed by atoms with Crippen LogP contribution in [0.5, 0.6) is 5.75 Å². The fourth-order valence-corrected chi connectivity index (χ4v) is 2.27. The summed E-state index contributed by atoms with van der Waals surface area (Å²) < 4.78 is 5.22. The monoisotopic (exact) mass is 288 g/mol. The van der Waals surface area contributed by atoms with Crippen molar-refractivity contribution in [1.82, 2.24) is 4.98 Å². The third-order valence-electron chi connectivity index (χ3n) is 3.57. The number of hydrogen-bond donors (Lipinski definition) is 2. The van der Waals surface area contributed by atoms with Gasteiger partial charge in [0.05, 0.1) is 7.11 Å². The maximum absolute atomic E-state index is 10.8. The summed E-state index contributed by atoms with van der Waals surface area (Å²) in [7, 11) is 1.64. The summed E-state index contributed by atoms with van der Waals surface area (Å²) in [4.78, 5) is 15.2. The van der Waals surface area contributed by atoms with E-state index in [9.17, 15) is 4.79 Å². The fourth-order valence-electron chi connectivity index (χ4n) is 2.27. The van der Waals surface area contributed by atoms with Gasteiger partial charge in [-0.15, -0.1) is 0 Å². The van der Waals surface area contributed by atoms with Gasteiger partial charge in [0.25, 0.3) is 0 Å². The molecule has 2 aromatic rings. The molecule has 1 aromatic carbocycles. The van der Waals surface area contributed by atoms with Crippen molar-refractivity contribution in [2.45, 2.75) is 19.8 Å². The first-order valence-electron chi connectivity index (χ1n) is 7.02. The average Bonchev–Trinajstić information content (AvgIpc) is 2.50. The number of rotatable bonds is 7. The Hall–Kier alpha value is -2.30. The van der Waals surface area contributed by atoms with Crippen LogP contribution in [0.3, 0.4) is 0 Å². The number of pyridine rings is 1. The van der Waals surface area contributed by atoms with Crippen LogP contribution in [0.4, 0.5) is 5.82 Å². The normalized spacial score (nSPS) is 12.1. The van der Waals surface area contributed by atoms with E-state index in [2.05, 4.69) is 10.3 Å². The van der Waals surface area contributed by atoms with E-state index in [1.54, 1.807) is 13.3 Å². The van der Waals surface area contributed by atoms with Crippen LogP contribution < -0.4 is 10.1 Å². The highest BCUT2D eigenvalue weighted by Gasteiger charge is 2.12. The molecule has 1 heterocycles. The summed E-state index contributed by atoms with van der Waals surface area (Å²) in [5.74, 6) is 0.910. The Labute approximate surface area is 124 Å². The van der Waals surface area contributed by atoms with Crippen molar-refractivity contribution in [2.24, 2.45) is 5.92 Å². The van der Waals surface area contributed by atoms with Crippen LogP contribution in [-0.4, -0.2) is 29.7 Å². The number of anilines is 1. The molecule has 0 aliphatic carbocycles. The zero-order valence-electron chi connectivity index (χ0n) is 12.3. The predicted octanol–water partition coefficient (Wildman–Crippen LogP) is 3.16. The van der Waals surface area contributed by atoms with Crippen molar-refractivity contribution >= 4 is 22.6 Å². The van der Waals surface area contributed by atoms with E-state index in [-0.39, 0.29) is 12.3 Å². The van der Waals surface area contributed by atoms with Gasteiger partial charge in [0.2, 0.25) is 0 Å². The van der Waals surface area contributed by atoms with Gasteiger partial charge in [0, 0.05) is 24.5 Å². The zero-order valence-corrected chi connectivity index (χ0v) is 12.3. The molecule has 21 heavy (non-hydrogen) atoms. The van der Waals surface area contributed by atoms with E-state index in [1.165, 1.54) is 0 Å². The SMILES string of the molecule is CCC(CNc1nccc2cc(OC)ccc12)CC(=O)O. The maximum atomic E-state index is 10.8. The number of aliphatic carboxylic acids is 1. The smallest absolute Gasteiger partial charge is 0.303 e. The van der Waals surface area contributed by atoms with E-state index in [0.717, 1.165) is 28.8 Å². The van der Waals surface area contributed by atoms with E-state index in [0.29, 0.717) is 6.54 Å². The predicted molar refractivity (Wildman–Crippen MR) is 82.8 cm³/mol. The molecule has 0 spiro atoms. The molecule has 2 N–H and O–H groups in total. The number of fused-ring (bicyclic) bond motifs is 1. The summed E-state index contributed by atoms with van der Waals surface area (Å²) >= 11 is 0. The topological polar surface area (TPSA) is 71.5 Å². The van der Waals surface area contributed by atoms with Crippen LogP contribution in [0.15, 0.2) is 30.5 Å². The van der Waals surface area contributed by atoms with E-state index < -0.39 is 5.97 Å². The molecule has 0 aliphatic rings. The lowest BCUT2D eigenvalue weighted by molar-refractivity contribution is -0.138. The average molecular weight is 288 g/mol. The third-order valence-corrected chi connectivity index (χ3v) is 3.57. The number of nitrogens with zero attached hydrogens (tertiary/aromatic N) is 1. The number of carbonyl (C=O) groups is 1. The Balaban J connectivity index is 2.16. The number of carboxylic acid groups (broad SMARTS) is 1. The Bertz CT molecular complexity index is 628. The van der Waals surface area contributed by atoms with Gasteiger partial charge in [-0.3, -0.25) is 4.79 Å². The highest BCUT2D eigenvalue weighted by atomic mass is 16.5. The van der Waals surface area contributed by atoms with Crippen LogP contribution in [0.1, 0.15) is 19.8 Å². The van der Waals surface area contributed by atoms with Crippen molar-refractivity contribution in [3.05, 3.63) is 30.5 Å². The second-order valence-corrected chi connectivity index (χ2v) is 5.00. The number of benzene rings is 1. The van der Waals surface area contributed by atoms with E-state index >= 15 is 0 Å². The molecule has 5 nitrogen and oxygen atoms in total. The lowest BCUT2D eigenvalue weighted by Crippen LogP contribution is -2.17. The Kier molecular flexibility index (Phi) is 4.98. The Morgan fingerprint density at radius 3 is 2.90 bits per heavy atom.